The minimum Gasteiger partial charge on any atom is -0.496 e. The average molecular weight is 261 g/mol. The van der Waals surface area contributed by atoms with Gasteiger partial charge in [0.15, 0.2) is 0 Å². The number of benzene rings is 1. The lowest BCUT2D eigenvalue weighted by atomic mass is 9.71. The fourth-order valence-electron chi connectivity index (χ4n) is 3.42. The molecule has 0 spiro atoms. The quantitative estimate of drug-likeness (QED) is 0.890. The van der Waals surface area contributed by atoms with Crippen LogP contribution in [0.25, 0.3) is 0 Å². The molecule has 0 aliphatic heterocycles. The first-order chi connectivity index (χ1) is 9.00. The van der Waals surface area contributed by atoms with Crippen molar-refractivity contribution in [3.8, 4) is 5.75 Å². The summed E-state index contributed by atoms with van der Waals surface area (Å²) >= 11 is 0. The molecule has 0 saturated heterocycles. The van der Waals surface area contributed by atoms with Gasteiger partial charge in [0.2, 0.25) is 0 Å². The van der Waals surface area contributed by atoms with E-state index in [4.69, 9.17) is 10.5 Å². The van der Waals surface area contributed by atoms with Gasteiger partial charge in [0, 0.05) is 5.54 Å². The molecule has 2 heteroatoms. The van der Waals surface area contributed by atoms with Crippen molar-refractivity contribution in [2.45, 2.75) is 58.4 Å². The molecule has 2 nitrogen and oxygen atoms in total. The lowest BCUT2D eigenvalue weighted by molar-refractivity contribution is 0.231. The Labute approximate surface area is 117 Å². The highest BCUT2D eigenvalue weighted by molar-refractivity contribution is 5.44. The monoisotopic (exact) mass is 261 g/mol. The van der Waals surface area contributed by atoms with Crippen LogP contribution in [0.3, 0.4) is 0 Å². The van der Waals surface area contributed by atoms with Gasteiger partial charge < -0.3 is 10.5 Å². The number of hydrogen-bond donors (Lipinski definition) is 1. The predicted octanol–water partition coefficient (Wildman–Crippen LogP) is 4.07. The Morgan fingerprint density at radius 1 is 1.21 bits per heavy atom. The van der Waals surface area contributed by atoms with Crippen LogP contribution in [0, 0.1) is 19.8 Å². The topological polar surface area (TPSA) is 35.2 Å². The highest BCUT2D eigenvalue weighted by Gasteiger charge is 2.34. The zero-order valence-corrected chi connectivity index (χ0v) is 12.8. The summed E-state index contributed by atoms with van der Waals surface area (Å²) < 4.78 is 5.39. The molecule has 1 aliphatic carbocycles. The van der Waals surface area contributed by atoms with E-state index in [2.05, 4.69) is 32.9 Å². The second-order valence-electron chi connectivity index (χ2n) is 6.14. The Hall–Kier alpha value is -1.02. The maximum absolute atomic E-state index is 6.72. The number of methoxy groups -OCH3 is 1. The van der Waals surface area contributed by atoms with Crippen LogP contribution in [0.4, 0.5) is 0 Å². The summed E-state index contributed by atoms with van der Waals surface area (Å²) in [7, 11) is 1.73. The van der Waals surface area contributed by atoms with E-state index in [1.807, 2.05) is 0 Å². The molecular formula is C17H27NO. The molecule has 0 heterocycles. The minimum atomic E-state index is -0.132. The molecule has 0 aromatic heterocycles. The first kappa shape index (κ1) is 14.4. The van der Waals surface area contributed by atoms with Gasteiger partial charge in [0.25, 0.3) is 0 Å². The minimum absolute atomic E-state index is 0.132. The predicted molar refractivity (Wildman–Crippen MR) is 80.6 cm³/mol. The zero-order chi connectivity index (χ0) is 14.0. The summed E-state index contributed by atoms with van der Waals surface area (Å²) in [5.41, 5.74) is 10.4. The molecular weight excluding hydrogens is 234 g/mol. The maximum atomic E-state index is 6.72. The van der Waals surface area contributed by atoms with E-state index in [0.29, 0.717) is 0 Å². The van der Waals surface area contributed by atoms with Crippen LogP contribution < -0.4 is 10.5 Å². The SMILES string of the molecule is CCC1CCC(N)(c2cc(C)c(OC)cc2C)CC1. The van der Waals surface area contributed by atoms with E-state index in [1.54, 1.807) is 7.11 Å². The van der Waals surface area contributed by atoms with Crippen LogP contribution in [0.2, 0.25) is 0 Å². The third-order valence-electron chi connectivity index (χ3n) is 4.85. The summed E-state index contributed by atoms with van der Waals surface area (Å²) in [6.45, 7) is 6.54. The van der Waals surface area contributed by atoms with Crippen LogP contribution in [0.5, 0.6) is 5.75 Å². The number of ether oxygens (including phenoxy) is 1. The average Bonchev–Trinajstić information content (AvgIpc) is 2.41. The highest BCUT2D eigenvalue weighted by Crippen LogP contribution is 2.41. The first-order valence-corrected chi connectivity index (χ1v) is 7.44. The van der Waals surface area contributed by atoms with Gasteiger partial charge in [-0.2, -0.15) is 0 Å². The van der Waals surface area contributed by atoms with Crippen molar-refractivity contribution in [2.75, 3.05) is 7.11 Å². The second kappa shape index (κ2) is 5.54. The molecule has 1 aliphatic rings. The zero-order valence-electron chi connectivity index (χ0n) is 12.8. The molecule has 1 aromatic rings. The van der Waals surface area contributed by atoms with Gasteiger partial charge in [-0.05, 0) is 68.2 Å². The van der Waals surface area contributed by atoms with E-state index in [0.717, 1.165) is 24.5 Å². The smallest absolute Gasteiger partial charge is 0.122 e. The molecule has 1 fully saturated rings. The number of aryl methyl sites for hydroxylation is 2. The second-order valence-corrected chi connectivity index (χ2v) is 6.14. The molecule has 2 N–H and O–H groups in total. The van der Waals surface area contributed by atoms with Crippen LogP contribution in [0.15, 0.2) is 12.1 Å². The molecule has 1 saturated carbocycles. The van der Waals surface area contributed by atoms with E-state index in [1.165, 1.54) is 36.0 Å². The van der Waals surface area contributed by atoms with Crippen LogP contribution in [0.1, 0.15) is 55.7 Å². The molecule has 19 heavy (non-hydrogen) atoms. The number of nitrogens with two attached hydrogens (primary N) is 1. The summed E-state index contributed by atoms with van der Waals surface area (Å²) in [4.78, 5) is 0. The lowest BCUT2D eigenvalue weighted by Crippen LogP contribution is -2.41. The molecule has 0 bridgehead atoms. The Kier molecular flexibility index (Phi) is 4.19. The van der Waals surface area contributed by atoms with Crippen molar-refractivity contribution in [3.63, 3.8) is 0 Å². The molecule has 0 radical (unpaired) electrons. The van der Waals surface area contributed by atoms with Gasteiger partial charge in [-0.25, -0.2) is 0 Å². The Balaban J connectivity index is 2.29. The van der Waals surface area contributed by atoms with E-state index in [9.17, 15) is 0 Å². The van der Waals surface area contributed by atoms with Crippen LogP contribution in [-0.4, -0.2) is 7.11 Å². The van der Waals surface area contributed by atoms with Crippen molar-refractivity contribution >= 4 is 0 Å². The van der Waals surface area contributed by atoms with Gasteiger partial charge in [0.05, 0.1) is 7.11 Å². The summed E-state index contributed by atoms with van der Waals surface area (Å²) in [6, 6.07) is 4.37. The third kappa shape index (κ3) is 2.79. The normalized spacial score (nSPS) is 27.3. The van der Waals surface area contributed by atoms with E-state index >= 15 is 0 Å². The van der Waals surface area contributed by atoms with Gasteiger partial charge >= 0.3 is 0 Å². The molecule has 0 atom stereocenters. The Bertz CT molecular complexity index is 445. The summed E-state index contributed by atoms with van der Waals surface area (Å²) in [6.07, 6.45) is 6.03. The van der Waals surface area contributed by atoms with Crippen molar-refractivity contribution in [2.24, 2.45) is 11.7 Å². The fourth-order valence-corrected chi connectivity index (χ4v) is 3.42. The van der Waals surface area contributed by atoms with Crippen LogP contribution in [-0.2, 0) is 5.54 Å². The molecule has 106 valence electrons. The first-order valence-electron chi connectivity index (χ1n) is 7.44. The van der Waals surface area contributed by atoms with Crippen molar-refractivity contribution < 1.29 is 4.74 Å². The summed E-state index contributed by atoms with van der Waals surface area (Å²) in [5, 5.41) is 0. The van der Waals surface area contributed by atoms with Gasteiger partial charge in [-0.1, -0.05) is 19.4 Å². The fraction of sp³-hybridized carbons (Fsp3) is 0.647. The standard InChI is InChI=1S/C17H27NO/c1-5-14-6-8-17(18,9-7-14)15-10-13(3)16(19-4)11-12(15)2/h10-11,14H,5-9,18H2,1-4H3. The maximum Gasteiger partial charge on any atom is 0.122 e. The lowest BCUT2D eigenvalue weighted by Gasteiger charge is -2.38. The van der Waals surface area contributed by atoms with E-state index in [-0.39, 0.29) is 5.54 Å². The van der Waals surface area contributed by atoms with Gasteiger partial charge in [0.1, 0.15) is 5.75 Å². The van der Waals surface area contributed by atoms with Gasteiger partial charge in [-0.3, -0.25) is 0 Å². The van der Waals surface area contributed by atoms with Gasteiger partial charge in [-0.15, -0.1) is 0 Å². The Morgan fingerprint density at radius 3 is 2.37 bits per heavy atom. The molecule has 1 aromatic carbocycles. The van der Waals surface area contributed by atoms with Crippen molar-refractivity contribution in [3.05, 3.63) is 28.8 Å². The van der Waals surface area contributed by atoms with Crippen molar-refractivity contribution in [1.29, 1.82) is 0 Å². The summed E-state index contributed by atoms with van der Waals surface area (Å²) in [5.74, 6) is 1.84. The highest BCUT2D eigenvalue weighted by atomic mass is 16.5. The largest absolute Gasteiger partial charge is 0.496 e. The molecule has 2 rings (SSSR count). The molecule has 0 amide bonds. The molecule has 0 unspecified atom stereocenters. The third-order valence-corrected chi connectivity index (χ3v) is 4.85. The number of rotatable bonds is 3. The van der Waals surface area contributed by atoms with Crippen molar-refractivity contribution in [1.82, 2.24) is 0 Å². The number of hydrogen-bond acceptors (Lipinski definition) is 2. The Morgan fingerprint density at radius 2 is 1.84 bits per heavy atom. The van der Waals surface area contributed by atoms with Crippen LogP contribution >= 0.6 is 0 Å². The van der Waals surface area contributed by atoms with E-state index < -0.39 is 0 Å².